The molecule has 0 unspecified atom stereocenters. The maximum absolute atomic E-state index is 11.0. The molecule has 0 radical (unpaired) electrons. The van der Waals surface area contributed by atoms with Gasteiger partial charge in [-0.25, -0.2) is 8.42 Å². The number of nitrogens with zero attached hydrogens (tertiary/aromatic N) is 3. The minimum atomic E-state index is -2.59. The van der Waals surface area contributed by atoms with Crippen LogP contribution in [0.1, 0.15) is 81.1 Å². The zero-order valence-corrected chi connectivity index (χ0v) is 15.4. The summed E-state index contributed by atoms with van der Waals surface area (Å²) in [6.45, 7) is 4.33. The molecule has 2 heterocycles. The van der Waals surface area contributed by atoms with Crippen LogP contribution in [0.25, 0.3) is 0 Å². The Morgan fingerprint density at radius 1 is 1.12 bits per heavy atom. The van der Waals surface area contributed by atoms with Gasteiger partial charge in [0.1, 0.15) is 0 Å². The highest BCUT2D eigenvalue weighted by Crippen LogP contribution is 2.69. The standard InChI is InChI=1S/C18H23N3O3S/c1-18(2)14(13-9-8-12(10-19-13)25(22)23)15(18)17-20-16(21-24-17)11-6-4-3-5-7-11/h8-11,14-15,25H,3-7H2,1-2H3/t14-,15+/m0/s1. The Morgan fingerprint density at radius 3 is 2.52 bits per heavy atom. The number of thiol groups is 1. The van der Waals surface area contributed by atoms with Crippen molar-refractivity contribution in [2.45, 2.75) is 68.6 Å². The summed E-state index contributed by atoms with van der Waals surface area (Å²) < 4.78 is 27.7. The van der Waals surface area contributed by atoms with Crippen molar-refractivity contribution in [2.75, 3.05) is 0 Å². The number of hydrogen-bond donors (Lipinski definition) is 1. The number of aromatic nitrogens is 3. The quantitative estimate of drug-likeness (QED) is 0.840. The summed E-state index contributed by atoms with van der Waals surface area (Å²) in [4.78, 5) is 9.31. The van der Waals surface area contributed by atoms with Crippen LogP contribution in [0.4, 0.5) is 0 Å². The van der Waals surface area contributed by atoms with Crippen LogP contribution in [0.5, 0.6) is 0 Å². The van der Waals surface area contributed by atoms with E-state index < -0.39 is 10.7 Å². The van der Waals surface area contributed by atoms with E-state index in [2.05, 4.69) is 24.0 Å². The third-order valence-electron chi connectivity index (χ3n) is 5.82. The zero-order chi connectivity index (χ0) is 17.6. The van der Waals surface area contributed by atoms with Crippen LogP contribution < -0.4 is 0 Å². The first-order chi connectivity index (χ1) is 12.0. The van der Waals surface area contributed by atoms with Gasteiger partial charge in [-0.2, -0.15) is 4.98 Å². The van der Waals surface area contributed by atoms with Crippen LogP contribution in [0, 0.1) is 5.41 Å². The molecule has 0 aromatic carbocycles. The molecule has 0 N–H and O–H groups in total. The highest BCUT2D eigenvalue weighted by Gasteiger charge is 2.62. The predicted octanol–water partition coefficient (Wildman–Crippen LogP) is 3.39. The molecule has 0 amide bonds. The molecule has 2 saturated carbocycles. The molecule has 0 saturated heterocycles. The molecule has 2 aromatic heterocycles. The van der Waals surface area contributed by atoms with Crippen LogP contribution in [0.3, 0.4) is 0 Å². The van der Waals surface area contributed by atoms with Gasteiger partial charge in [-0.3, -0.25) is 4.98 Å². The van der Waals surface area contributed by atoms with Gasteiger partial charge in [-0.1, -0.05) is 38.3 Å². The SMILES string of the molecule is CC1(C)[C@@H](c2ccc([SH](=O)=O)cn2)[C@@H]1c1nc(C2CCCCC2)no1. The molecule has 2 aromatic rings. The highest BCUT2D eigenvalue weighted by atomic mass is 32.2. The third-order valence-corrected chi connectivity index (χ3v) is 6.51. The first kappa shape index (κ1) is 16.7. The average Bonchev–Trinajstić information content (AvgIpc) is 2.96. The summed E-state index contributed by atoms with van der Waals surface area (Å²) in [6, 6.07) is 3.41. The van der Waals surface area contributed by atoms with Crippen molar-refractivity contribution in [3.63, 3.8) is 0 Å². The van der Waals surface area contributed by atoms with Gasteiger partial charge in [-0.15, -0.1) is 0 Å². The Balaban J connectivity index is 1.55. The third kappa shape index (κ3) is 2.99. The Morgan fingerprint density at radius 2 is 1.88 bits per heavy atom. The number of pyridine rings is 1. The largest absolute Gasteiger partial charge is 0.339 e. The molecule has 2 fully saturated rings. The van der Waals surface area contributed by atoms with Crippen molar-refractivity contribution in [1.82, 2.24) is 15.1 Å². The van der Waals surface area contributed by atoms with Gasteiger partial charge < -0.3 is 4.52 Å². The van der Waals surface area contributed by atoms with Gasteiger partial charge in [-0.05, 0) is 30.4 Å². The van der Waals surface area contributed by atoms with Crippen LogP contribution in [-0.2, 0) is 10.7 Å². The molecule has 25 heavy (non-hydrogen) atoms. The van der Waals surface area contributed by atoms with E-state index in [1.54, 1.807) is 12.1 Å². The summed E-state index contributed by atoms with van der Waals surface area (Å²) in [5.74, 6) is 2.28. The summed E-state index contributed by atoms with van der Waals surface area (Å²) in [6.07, 6.45) is 7.50. The lowest BCUT2D eigenvalue weighted by molar-refractivity contribution is 0.351. The van der Waals surface area contributed by atoms with Crippen LogP contribution in [0.15, 0.2) is 27.7 Å². The van der Waals surface area contributed by atoms with Crippen molar-refractivity contribution in [3.8, 4) is 0 Å². The zero-order valence-electron chi connectivity index (χ0n) is 14.5. The molecule has 2 atom stereocenters. The molecule has 7 heteroatoms. The van der Waals surface area contributed by atoms with Crippen molar-refractivity contribution >= 4 is 10.7 Å². The van der Waals surface area contributed by atoms with E-state index in [4.69, 9.17) is 9.51 Å². The fourth-order valence-corrected chi connectivity index (χ4v) is 4.59. The van der Waals surface area contributed by atoms with E-state index in [-0.39, 0.29) is 22.1 Å². The lowest BCUT2D eigenvalue weighted by Gasteiger charge is -2.17. The Hall–Kier alpha value is -1.76. The van der Waals surface area contributed by atoms with E-state index in [0.29, 0.717) is 11.8 Å². The molecule has 4 rings (SSSR count). The van der Waals surface area contributed by atoms with Crippen molar-refractivity contribution in [2.24, 2.45) is 5.41 Å². The number of hydrogen-bond acceptors (Lipinski definition) is 6. The van der Waals surface area contributed by atoms with E-state index in [1.165, 1.54) is 25.5 Å². The monoisotopic (exact) mass is 361 g/mol. The van der Waals surface area contributed by atoms with E-state index in [0.717, 1.165) is 24.4 Å². The predicted molar refractivity (Wildman–Crippen MR) is 92.2 cm³/mol. The normalized spacial score (nSPS) is 26.0. The summed E-state index contributed by atoms with van der Waals surface area (Å²) >= 11 is 0. The van der Waals surface area contributed by atoms with Crippen molar-refractivity contribution < 1.29 is 12.9 Å². The van der Waals surface area contributed by atoms with E-state index >= 15 is 0 Å². The molecule has 2 aliphatic rings. The maximum Gasteiger partial charge on any atom is 0.231 e. The Bertz CT molecular complexity index is 828. The lowest BCUT2D eigenvalue weighted by atomic mass is 9.89. The molecule has 134 valence electrons. The first-order valence-electron chi connectivity index (χ1n) is 8.92. The van der Waals surface area contributed by atoms with Gasteiger partial charge in [0, 0.05) is 23.7 Å². The smallest absolute Gasteiger partial charge is 0.231 e. The molecule has 0 aliphatic heterocycles. The summed E-state index contributed by atoms with van der Waals surface area (Å²) in [7, 11) is -2.59. The van der Waals surface area contributed by atoms with Gasteiger partial charge >= 0.3 is 0 Å². The fraction of sp³-hybridized carbons (Fsp3) is 0.611. The summed E-state index contributed by atoms with van der Waals surface area (Å²) in [5.41, 5.74) is 0.859. The second kappa shape index (κ2) is 6.20. The molecule has 2 aliphatic carbocycles. The maximum atomic E-state index is 11.0. The Kier molecular flexibility index (Phi) is 4.14. The van der Waals surface area contributed by atoms with Gasteiger partial charge in [0.2, 0.25) is 5.89 Å². The number of rotatable bonds is 4. The van der Waals surface area contributed by atoms with Gasteiger partial charge in [0.15, 0.2) is 16.5 Å². The van der Waals surface area contributed by atoms with Crippen molar-refractivity contribution in [1.29, 1.82) is 0 Å². The second-order valence-electron chi connectivity index (χ2n) is 7.80. The van der Waals surface area contributed by atoms with Crippen LogP contribution >= 0.6 is 0 Å². The lowest BCUT2D eigenvalue weighted by Crippen LogP contribution is -2.06. The summed E-state index contributed by atoms with van der Waals surface area (Å²) in [5, 5.41) is 4.25. The van der Waals surface area contributed by atoms with E-state index in [9.17, 15) is 8.42 Å². The first-order valence-corrected chi connectivity index (χ1v) is 10.1. The molecular formula is C18H23N3O3S. The van der Waals surface area contributed by atoms with Gasteiger partial charge in [0.05, 0.1) is 10.8 Å². The minimum Gasteiger partial charge on any atom is -0.339 e. The molecule has 0 bridgehead atoms. The average molecular weight is 361 g/mol. The topological polar surface area (TPSA) is 86.0 Å². The Labute approximate surface area is 149 Å². The van der Waals surface area contributed by atoms with Crippen LogP contribution in [0.2, 0.25) is 0 Å². The van der Waals surface area contributed by atoms with Crippen LogP contribution in [-0.4, -0.2) is 23.5 Å². The second-order valence-corrected chi connectivity index (χ2v) is 8.83. The minimum absolute atomic E-state index is 0.0233. The van der Waals surface area contributed by atoms with Crippen molar-refractivity contribution in [3.05, 3.63) is 35.7 Å². The highest BCUT2D eigenvalue weighted by molar-refractivity contribution is 7.72. The molecule has 0 spiro atoms. The molecular weight excluding hydrogens is 338 g/mol. The fourth-order valence-electron chi connectivity index (χ4n) is 4.24. The van der Waals surface area contributed by atoms with E-state index in [1.807, 2.05) is 0 Å². The molecule has 6 nitrogen and oxygen atoms in total. The van der Waals surface area contributed by atoms with Gasteiger partial charge in [0.25, 0.3) is 0 Å².